The number of pyridine rings is 1. The van der Waals surface area contributed by atoms with Crippen LogP contribution in [0.2, 0.25) is 0 Å². The summed E-state index contributed by atoms with van der Waals surface area (Å²) in [6.45, 7) is 2.01. The fourth-order valence-electron chi connectivity index (χ4n) is 2.30. The highest BCUT2D eigenvalue weighted by Gasteiger charge is 2.11. The van der Waals surface area contributed by atoms with Crippen molar-refractivity contribution in [2.45, 2.75) is 6.92 Å². The van der Waals surface area contributed by atoms with Gasteiger partial charge in [-0.05, 0) is 18.6 Å². The van der Waals surface area contributed by atoms with Crippen LogP contribution < -0.4 is 5.73 Å². The molecule has 0 unspecified atom stereocenters. The first kappa shape index (κ1) is 12.4. The Morgan fingerprint density at radius 1 is 1.05 bits per heavy atom. The second kappa shape index (κ2) is 4.81. The highest BCUT2D eigenvalue weighted by atomic mass is 15.2. The van der Waals surface area contributed by atoms with Crippen LogP contribution in [0.3, 0.4) is 0 Å². The number of nitrogens with two attached hydrogens (primary N) is 1. The van der Waals surface area contributed by atoms with Crippen LogP contribution in [0, 0.1) is 6.92 Å². The summed E-state index contributed by atoms with van der Waals surface area (Å²) in [5, 5.41) is 4.20. The van der Waals surface area contributed by atoms with Crippen molar-refractivity contribution in [2.75, 3.05) is 5.73 Å². The van der Waals surface area contributed by atoms with E-state index in [1.54, 1.807) is 4.68 Å². The van der Waals surface area contributed by atoms with Crippen molar-refractivity contribution in [3.63, 3.8) is 0 Å². The Balaban J connectivity index is 2.18. The van der Waals surface area contributed by atoms with Gasteiger partial charge in [-0.2, -0.15) is 5.10 Å². The maximum atomic E-state index is 6.12. The molecule has 4 heteroatoms. The highest BCUT2D eigenvalue weighted by Crippen LogP contribution is 2.30. The smallest absolute Gasteiger partial charge is 0.0938 e. The van der Waals surface area contributed by atoms with E-state index in [9.17, 15) is 0 Å². The van der Waals surface area contributed by atoms with Crippen molar-refractivity contribution in [1.82, 2.24) is 14.8 Å². The summed E-state index contributed by atoms with van der Waals surface area (Å²) in [7, 11) is 1.90. The number of benzene rings is 1. The van der Waals surface area contributed by atoms with Crippen molar-refractivity contribution in [2.24, 2.45) is 7.05 Å². The molecule has 0 bridgehead atoms. The van der Waals surface area contributed by atoms with E-state index >= 15 is 0 Å². The van der Waals surface area contributed by atoms with Crippen LogP contribution in [-0.2, 0) is 7.05 Å². The van der Waals surface area contributed by atoms with Crippen LogP contribution in [0.15, 0.2) is 48.8 Å². The summed E-state index contributed by atoms with van der Waals surface area (Å²) in [6.07, 6.45) is 3.78. The molecule has 2 N–H and O–H groups in total. The van der Waals surface area contributed by atoms with Crippen LogP contribution >= 0.6 is 0 Å². The van der Waals surface area contributed by atoms with Gasteiger partial charge in [0.1, 0.15) is 0 Å². The molecular weight excluding hydrogens is 248 g/mol. The topological polar surface area (TPSA) is 56.7 Å². The quantitative estimate of drug-likeness (QED) is 0.774. The van der Waals surface area contributed by atoms with Crippen LogP contribution in [0.5, 0.6) is 0 Å². The monoisotopic (exact) mass is 264 g/mol. The van der Waals surface area contributed by atoms with Gasteiger partial charge in [0.2, 0.25) is 0 Å². The van der Waals surface area contributed by atoms with E-state index in [-0.39, 0.29) is 0 Å². The lowest BCUT2D eigenvalue weighted by Gasteiger charge is -2.10. The Labute approximate surface area is 117 Å². The van der Waals surface area contributed by atoms with Gasteiger partial charge in [0.05, 0.1) is 23.3 Å². The number of aromatic nitrogens is 3. The third kappa shape index (κ3) is 2.16. The Kier molecular flexibility index (Phi) is 2.99. The third-order valence-electron chi connectivity index (χ3n) is 3.27. The summed E-state index contributed by atoms with van der Waals surface area (Å²) in [5.41, 5.74) is 11.6. The Morgan fingerprint density at radius 2 is 1.80 bits per heavy atom. The Hall–Kier alpha value is -2.62. The molecule has 0 spiro atoms. The first-order valence-corrected chi connectivity index (χ1v) is 6.46. The lowest BCUT2D eigenvalue weighted by molar-refractivity contribution is 0.768. The average molecular weight is 264 g/mol. The molecule has 20 heavy (non-hydrogen) atoms. The highest BCUT2D eigenvalue weighted by molar-refractivity contribution is 5.77. The molecule has 0 aliphatic heterocycles. The molecular formula is C16H16N4. The van der Waals surface area contributed by atoms with E-state index in [1.807, 2.05) is 62.8 Å². The first-order valence-electron chi connectivity index (χ1n) is 6.46. The molecule has 0 aliphatic rings. The van der Waals surface area contributed by atoms with Gasteiger partial charge >= 0.3 is 0 Å². The Bertz CT molecular complexity index is 744. The molecule has 1 aromatic carbocycles. The van der Waals surface area contributed by atoms with Crippen molar-refractivity contribution >= 4 is 5.69 Å². The van der Waals surface area contributed by atoms with Crippen molar-refractivity contribution in [3.05, 3.63) is 54.4 Å². The zero-order chi connectivity index (χ0) is 14.1. The molecule has 0 fully saturated rings. The van der Waals surface area contributed by atoms with Crippen molar-refractivity contribution in [3.8, 4) is 22.5 Å². The minimum atomic E-state index is 0.696. The lowest BCUT2D eigenvalue weighted by Crippen LogP contribution is -1.98. The maximum Gasteiger partial charge on any atom is 0.0938 e. The van der Waals surface area contributed by atoms with Gasteiger partial charge in [-0.3, -0.25) is 4.68 Å². The second-order valence-corrected chi connectivity index (χ2v) is 4.86. The molecule has 0 saturated carbocycles. The summed E-state index contributed by atoms with van der Waals surface area (Å²) < 4.78 is 1.77. The minimum Gasteiger partial charge on any atom is -0.397 e. The lowest BCUT2D eigenvalue weighted by atomic mass is 10.0. The van der Waals surface area contributed by atoms with Crippen molar-refractivity contribution in [1.29, 1.82) is 0 Å². The zero-order valence-electron chi connectivity index (χ0n) is 11.5. The van der Waals surface area contributed by atoms with Gasteiger partial charge in [0, 0.05) is 24.4 Å². The van der Waals surface area contributed by atoms with Gasteiger partial charge < -0.3 is 5.73 Å². The fourth-order valence-corrected chi connectivity index (χ4v) is 2.30. The van der Waals surface area contributed by atoms with E-state index in [2.05, 4.69) is 5.10 Å². The summed E-state index contributed by atoms with van der Waals surface area (Å²) >= 11 is 0. The molecule has 0 radical (unpaired) electrons. The largest absolute Gasteiger partial charge is 0.397 e. The van der Waals surface area contributed by atoms with E-state index in [0.717, 1.165) is 28.1 Å². The third-order valence-corrected chi connectivity index (χ3v) is 3.27. The number of nitrogens with zero attached hydrogens (tertiary/aromatic N) is 3. The van der Waals surface area contributed by atoms with Gasteiger partial charge in [-0.25, -0.2) is 4.98 Å². The first-order chi connectivity index (χ1) is 9.65. The minimum absolute atomic E-state index is 0.696. The molecule has 3 aromatic rings. The summed E-state index contributed by atoms with van der Waals surface area (Å²) in [5.74, 6) is 0. The van der Waals surface area contributed by atoms with Gasteiger partial charge in [-0.1, -0.05) is 30.3 Å². The molecule has 100 valence electrons. The van der Waals surface area contributed by atoms with Gasteiger partial charge in [-0.15, -0.1) is 0 Å². The number of hydrogen-bond donors (Lipinski definition) is 1. The molecule has 2 aromatic heterocycles. The number of anilines is 1. The van der Waals surface area contributed by atoms with E-state index in [1.165, 1.54) is 0 Å². The summed E-state index contributed by atoms with van der Waals surface area (Å²) in [6, 6.07) is 12.0. The van der Waals surface area contributed by atoms with Crippen molar-refractivity contribution < 1.29 is 0 Å². The fraction of sp³-hybridized carbons (Fsp3) is 0.125. The molecule has 0 amide bonds. The van der Waals surface area contributed by atoms with Crippen LogP contribution in [0.25, 0.3) is 22.5 Å². The Morgan fingerprint density at radius 3 is 2.45 bits per heavy atom. The molecule has 0 aliphatic carbocycles. The predicted octanol–water partition coefficient (Wildman–Crippen LogP) is 3.04. The predicted molar refractivity (Wildman–Crippen MR) is 81.0 cm³/mol. The van der Waals surface area contributed by atoms with E-state index < -0.39 is 0 Å². The summed E-state index contributed by atoms with van der Waals surface area (Å²) in [4.78, 5) is 4.75. The van der Waals surface area contributed by atoms with Gasteiger partial charge in [0.15, 0.2) is 0 Å². The van der Waals surface area contributed by atoms with Gasteiger partial charge in [0.25, 0.3) is 0 Å². The van der Waals surface area contributed by atoms with E-state index in [4.69, 9.17) is 10.7 Å². The number of nitrogen functional groups attached to an aromatic ring is 1. The number of rotatable bonds is 2. The maximum absolute atomic E-state index is 6.12. The number of hydrogen-bond acceptors (Lipinski definition) is 3. The van der Waals surface area contributed by atoms with Crippen LogP contribution in [-0.4, -0.2) is 14.8 Å². The molecule has 4 nitrogen and oxygen atoms in total. The second-order valence-electron chi connectivity index (χ2n) is 4.86. The molecule has 2 heterocycles. The molecule has 0 atom stereocenters. The molecule has 3 rings (SSSR count). The van der Waals surface area contributed by atoms with Crippen LogP contribution in [0.4, 0.5) is 5.69 Å². The average Bonchev–Trinajstić information content (AvgIpc) is 2.86. The van der Waals surface area contributed by atoms with E-state index in [0.29, 0.717) is 5.69 Å². The standard InChI is InChI=1S/C16H16N4/c1-11-8-14(17)16(12-6-4-3-5-7-12)19-15(11)13-9-18-20(2)10-13/h3-10H,17H2,1-2H3. The number of aryl methyl sites for hydroxylation is 2. The normalized spacial score (nSPS) is 10.7. The SMILES string of the molecule is Cc1cc(N)c(-c2ccccc2)nc1-c1cnn(C)c1. The molecule has 0 saturated heterocycles. The zero-order valence-corrected chi connectivity index (χ0v) is 11.5. The van der Waals surface area contributed by atoms with Crippen LogP contribution in [0.1, 0.15) is 5.56 Å².